The minimum Gasteiger partial charge on any atom is -0.369 e. The summed E-state index contributed by atoms with van der Waals surface area (Å²) in [6.07, 6.45) is 0. The molecular formula is C19H21N3OS2. The van der Waals surface area contributed by atoms with E-state index in [9.17, 15) is 4.79 Å². The molecule has 1 unspecified atom stereocenters. The van der Waals surface area contributed by atoms with Crippen LogP contribution in [-0.4, -0.2) is 21.1 Å². The van der Waals surface area contributed by atoms with Crippen LogP contribution in [0.15, 0.2) is 34.7 Å². The Balaban J connectivity index is 2.11. The number of benzene rings is 1. The first kappa shape index (κ1) is 17.9. The molecule has 0 bridgehead atoms. The van der Waals surface area contributed by atoms with Crippen LogP contribution >= 0.6 is 23.1 Å². The quantitative estimate of drug-likeness (QED) is 0.519. The summed E-state index contributed by atoms with van der Waals surface area (Å²) in [6, 6.07) is 8.61. The Morgan fingerprint density at radius 2 is 1.84 bits per heavy atom. The fourth-order valence-corrected chi connectivity index (χ4v) is 4.60. The number of aromatic nitrogens is 2. The third kappa shape index (κ3) is 3.70. The molecule has 0 fully saturated rings. The Morgan fingerprint density at radius 1 is 1.16 bits per heavy atom. The fraction of sp³-hybridized carbons (Fsp3) is 0.316. The fourth-order valence-electron chi connectivity index (χ4n) is 2.58. The van der Waals surface area contributed by atoms with Crippen molar-refractivity contribution in [1.29, 1.82) is 0 Å². The molecule has 0 aliphatic carbocycles. The Bertz CT molecular complexity index is 916. The molecule has 1 atom stereocenters. The van der Waals surface area contributed by atoms with E-state index in [1.807, 2.05) is 6.92 Å². The van der Waals surface area contributed by atoms with Crippen LogP contribution in [0.25, 0.3) is 21.3 Å². The monoisotopic (exact) mass is 371 g/mol. The number of thiophene rings is 1. The third-order valence-corrected chi connectivity index (χ3v) is 6.07. The average Bonchev–Trinajstić information content (AvgIpc) is 2.98. The molecule has 25 heavy (non-hydrogen) atoms. The topological polar surface area (TPSA) is 68.9 Å². The van der Waals surface area contributed by atoms with Crippen LogP contribution in [0.2, 0.25) is 0 Å². The van der Waals surface area contributed by atoms with Gasteiger partial charge in [-0.15, -0.1) is 11.3 Å². The largest absolute Gasteiger partial charge is 0.369 e. The lowest BCUT2D eigenvalue weighted by Crippen LogP contribution is -2.22. The standard InChI is InChI=1S/C19H21N3OS2/c1-10(2)13-5-7-14(8-6-13)15-9-24-18-16(15)19(22-12(4)21-18)25-11(3)17(20)23/h5-11H,1-4H3,(H2,20,23). The number of primary amides is 1. The highest BCUT2D eigenvalue weighted by Gasteiger charge is 2.19. The van der Waals surface area contributed by atoms with Crippen LogP contribution in [-0.2, 0) is 4.79 Å². The predicted molar refractivity (Wildman–Crippen MR) is 106 cm³/mol. The zero-order valence-electron chi connectivity index (χ0n) is 14.7. The lowest BCUT2D eigenvalue weighted by molar-refractivity contribution is -0.117. The second-order valence-corrected chi connectivity index (χ2v) is 8.53. The maximum atomic E-state index is 11.5. The number of nitrogens with zero attached hydrogens (tertiary/aromatic N) is 2. The highest BCUT2D eigenvalue weighted by molar-refractivity contribution is 8.00. The van der Waals surface area contributed by atoms with Crippen molar-refractivity contribution in [2.24, 2.45) is 5.73 Å². The van der Waals surface area contributed by atoms with E-state index in [1.165, 1.54) is 17.3 Å². The smallest absolute Gasteiger partial charge is 0.230 e. The summed E-state index contributed by atoms with van der Waals surface area (Å²) in [5.74, 6) is 0.865. The van der Waals surface area contributed by atoms with Crippen LogP contribution in [0.1, 0.15) is 38.1 Å². The third-order valence-electron chi connectivity index (χ3n) is 4.09. The first-order valence-corrected chi connectivity index (χ1v) is 9.95. The van der Waals surface area contributed by atoms with Gasteiger partial charge in [-0.05, 0) is 30.9 Å². The number of carbonyl (C=O) groups is 1. The van der Waals surface area contributed by atoms with E-state index in [0.29, 0.717) is 11.7 Å². The van der Waals surface area contributed by atoms with Crippen molar-refractivity contribution in [1.82, 2.24) is 9.97 Å². The van der Waals surface area contributed by atoms with Gasteiger partial charge in [-0.3, -0.25) is 4.79 Å². The summed E-state index contributed by atoms with van der Waals surface area (Å²) in [4.78, 5) is 21.6. The van der Waals surface area contributed by atoms with Gasteiger partial charge in [-0.1, -0.05) is 49.9 Å². The van der Waals surface area contributed by atoms with Gasteiger partial charge < -0.3 is 5.73 Å². The maximum Gasteiger partial charge on any atom is 0.230 e. The zero-order valence-corrected chi connectivity index (χ0v) is 16.4. The molecule has 6 heteroatoms. The number of hydrogen-bond acceptors (Lipinski definition) is 5. The number of hydrogen-bond donors (Lipinski definition) is 1. The summed E-state index contributed by atoms with van der Waals surface area (Å²) in [5, 5.41) is 3.60. The molecule has 3 aromatic rings. The van der Waals surface area contributed by atoms with Gasteiger partial charge in [0.15, 0.2) is 0 Å². The minimum absolute atomic E-state index is 0.339. The van der Waals surface area contributed by atoms with Crippen molar-refractivity contribution >= 4 is 39.2 Å². The van der Waals surface area contributed by atoms with E-state index in [4.69, 9.17) is 5.73 Å². The van der Waals surface area contributed by atoms with Crippen molar-refractivity contribution in [3.05, 3.63) is 41.0 Å². The number of nitrogens with two attached hydrogens (primary N) is 1. The Labute approximate surface area is 155 Å². The van der Waals surface area contributed by atoms with Crippen molar-refractivity contribution in [3.8, 4) is 11.1 Å². The number of aryl methyl sites for hydroxylation is 1. The Kier molecular flexibility index (Phi) is 5.11. The second-order valence-electron chi connectivity index (χ2n) is 6.34. The molecule has 2 N–H and O–H groups in total. The van der Waals surface area contributed by atoms with Crippen molar-refractivity contribution < 1.29 is 4.79 Å². The van der Waals surface area contributed by atoms with Crippen LogP contribution in [0, 0.1) is 6.92 Å². The normalized spacial score (nSPS) is 12.7. The van der Waals surface area contributed by atoms with Crippen LogP contribution in [0.3, 0.4) is 0 Å². The van der Waals surface area contributed by atoms with Gasteiger partial charge in [0.2, 0.25) is 5.91 Å². The van der Waals surface area contributed by atoms with Gasteiger partial charge in [-0.25, -0.2) is 9.97 Å². The van der Waals surface area contributed by atoms with Gasteiger partial charge in [-0.2, -0.15) is 0 Å². The number of rotatable bonds is 5. The highest BCUT2D eigenvalue weighted by Crippen LogP contribution is 2.39. The van der Waals surface area contributed by atoms with Gasteiger partial charge >= 0.3 is 0 Å². The molecule has 2 heterocycles. The van der Waals surface area contributed by atoms with E-state index >= 15 is 0 Å². The van der Waals surface area contributed by atoms with Gasteiger partial charge in [0.1, 0.15) is 15.7 Å². The van der Waals surface area contributed by atoms with E-state index in [1.54, 1.807) is 18.3 Å². The highest BCUT2D eigenvalue weighted by atomic mass is 32.2. The lowest BCUT2D eigenvalue weighted by atomic mass is 9.99. The Hall–Kier alpha value is -1.92. The molecule has 0 saturated heterocycles. The summed E-state index contributed by atoms with van der Waals surface area (Å²) < 4.78 is 0. The zero-order chi connectivity index (χ0) is 18.1. The molecule has 0 aliphatic rings. The molecular weight excluding hydrogens is 350 g/mol. The second kappa shape index (κ2) is 7.14. The molecule has 0 saturated carbocycles. The lowest BCUT2D eigenvalue weighted by Gasteiger charge is -2.10. The molecule has 0 radical (unpaired) electrons. The summed E-state index contributed by atoms with van der Waals surface area (Å²) in [5.41, 5.74) is 8.99. The van der Waals surface area contributed by atoms with E-state index in [2.05, 4.69) is 53.5 Å². The SMILES string of the molecule is Cc1nc(SC(C)C(N)=O)c2c(-c3ccc(C(C)C)cc3)csc2n1. The summed E-state index contributed by atoms with van der Waals surface area (Å²) >= 11 is 3.00. The van der Waals surface area contributed by atoms with Crippen molar-refractivity contribution in [2.45, 2.75) is 43.9 Å². The van der Waals surface area contributed by atoms with Crippen LogP contribution in [0.5, 0.6) is 0 Å². The van der Waals surface area contributed by atoms with E-state index < -0.39 is 0 Å². The van der Waals surface area contributed by atoms with Gasteiger partial charge in [0.25, 0.3) is 0 Å². The number of fused-ring (bicyclic) bond motifs is 1. The molecule has 2 aromatic heterocycles. The summed E-state index contributed by atoms with van der Waals surface area (Å²) in [6.45, 7) is 8.05. The van der Waals surface area contributed by atoms with E-state index in [-0.39, 0.29) is 11.2 Å². The first-order valence-electron chi connectivity index (χ1n) is 8.19. The van der Waals surface area contributed by atoms with E-state index in [0.717, 1.165) is 26.4 Å². The van der Waals surface area contributed by atoms with Crippen LogP contribution < -0.4 is 5.73 Å². The van der Waals surface area contributed by atoms with Gasteiger partial charge in [0, 0.05) is 10.9 Å². The first-order chi connectivity index (χ1) is 11.9. The predicted octanol–water partition coefficient (Wildman–Crippen LogP) is 4.76. The number of thioether (sulfide) groups is 1. The van der Waals surface area contributed by atoms with Crippen molar-refractivity contribution in [3.63, 3.8) is 0 Å². The minimum atomic E-state index is -0.340. The average molecular weight is 372 g/mol. The van der Waals surface area contributed by atoms with Crippen LogP contribution in [0.4, 0.5) is 0 Å². The number of amides is 1. The van der Waals surface area contributed by atoms with Crippen molar-refractivity contribution in [2.75, 3.05) is 0 Å². The summed E-state index contributed by atoms with van der Waals surface area (Å²) in [7, 11) is 0. The molecule has 0 aliphatic heterocycles. The molecule has 130 valence electrons. The molecule has 1 aromatic carbocycles. The maximum absolute atomic E-state index is 11.5. The molecule has 0 spiro atoms. The molecule has 1 amide bonds. The molecule has 3 rings (SSSR count). The molecule has 4 nitrogen and oxygen atoms in total. The van der Waals surface area contributed by atoms with Gasteiger partial charge in [0.05, 0.1) is 10.6 Å². The Morgan fingerprint density at radius 3 is 2.44 bits per heavy atom. The number of carbonyl (C=O) groups excluding carboxylic acids is 1.